The molecule has 2 aromatic rings. The topological polar surface area (TPSA) is 82.4 Å². The minimum absolute atomic E-state index is 0.157. The molecule has 1 saturated heterocycles. The number of amides is 2. The van der Waals surface area contributed by atoms with Gasteiger partial charge in [0.2, 0.25) is 5.91 Å². The molecule has 0 aromatic heterocycles. The third-order valence-corrected chi connectivity index (χ3v) is 4.45. The van der Waals surface area contributed by atoms with Crippen molar-refractivity contribution in [2.24, 2.45) is 0 Å². The van der Waals surface area contributed by atoms with Gasteiger partial charge in [-0.15, -0.1) is 0 Å². The molecule has 1 aliphatic rings. The third-order valence-electron chi connectivity index (χ3n) is 4.45. The fourth-order valence-electron chi connectivity index (χ4n) is 2.91. The zero-order valence-corrected chi connectivity index (χ0v) is 15.1. The summed E-state index contributed by atoms with van der Waals surface area (Å²) in [6.45, 7) is 2.82. The molecule has 2 amide bonds. The minimum atomic E-state index is -0.653. The van der Waals surface area contributed by atoms with Crippen LogP contribution in [0.1, 0.15) is 30.9 Å². The molecule has 1 N–H and O–H groups in total. The highest BCUT2D eigenvalue weighted by molar-refractivity contribution is 5.95. The van der Waals surface area contributed by atoms with E-state index >= 15 is 0 Å². The number of hydrogen-bond acceptors (Lipinski definition) is 4. The molecule has 6 nitrogen and oxygen atoms in total. The molecular weight excluding hydrogens is 342 g/mol. The van der Waals surface area contributed by atoms with E-state index in [1.807, 2.05) is 30.3 Å². The molecule has 0 saturated carbocycles. The van der Waals surface area contributed by atoms with Gasteiger partial charge < -0.3 is 15.0 Å². The van der Waals surface area contributed by atoms with Crippen molar-refractivity contribution in [3.8, 4) is 11.8 Å². The van der Waals surface area contributed by atoms with E-state index in [2.05, 4.69) is 5.32 Å². The summed E-state index contributed by atoms with van der Waals surface area (Å²) in [5, 5.41) is 11.6. The van der Waals surface area contributed by atoms with Crippen molar-refractivity contribution >= 4 is 17.5 Å². The fraction of sp³-hybridized carbons (Fsp3) is 0.286. The van der Waals surface area contributed by atoms with E-state index in [9.17, 15) is 9.59 Å². The average Bonchev–Trinajstić information content (AvgIpc) is 3.13. The van der Waals surface area contributed by atoms with Gasteiger partial charge in [0.1, 0.15) is 5.75 Å². The highest BCUT2D eigenvalue weighted by atomic mass is 16.5. The molecule has 3 rings (SSSR count). The number of nitrogens with zero attached hydrogens (tertiary/aromatic N) is 2. The van der Waals surface area contributed by atoms with E-state index in [1.165, 1.54) is 0 Å². The summed E-state index contributed by atoms with van der Waals surface area (Å²) in [6.07, 6.45) is 0.849. The van der Waals surface area contributed by atoms with Crippen molar-refractivity contribution < 1.29 is 14.3 Å². The monoisotopic (exact) mass is 363 g/mol. The normalized spacial score (nSPS) is 14.5. The second kappa shape index (κ2) is 8.37. The van der Waals surface area contributed by atoms with E-state index in [-0.39, 0.29) is 11.8 Å². The van der Waals surface area contributed by atoms with Crippen LogP contribution >= 0.6 is 0 Å². The van der Waals surface area contributed by atoms with Gasteiger partial charge in [-0.25, -0.2) is 0 Å². The standard InChI is InChI=1S/C21H21N3O3/c1-15(27-19-10-6-16(13-22)7-11-19)21(26)23-14-17-4-8-18(9-5-17)24-12-2-3-20(24)25/h4-11,15H,2-3,12,14H2,1H3,(H,23,26)/t15-/m0/s1. The number of anilines is 1. The summed E-state index contributed by atoms with van der Waals surface area (Å²) in [6, 6.07) is 16.3. The van der Waals surface area contributed by atoms with Crippen LogP contribution in [0.15, 0.2) is 48.5 Å². The fourth-order valence-corrected chi connectivity index (χ4v) is 2.91. The van der Waals surface area contributed by atoms with Crippen molar-refractivity contribution in [2.75, 3.05) is 11.4 Å². The van der Waals surface area contributed by atoms with Crippen LogP contribution in [0, 0.1) is 11.3 Å². The maximum atomic E-state index is 12.2. The molecule has 1 aliphatic heterocycles. The molecular formula is C21H21N3O3. The van der Waals surface area contributed by atoms with E-state index in [1.54, 1.807) is 36.1 Å². The molecule has 0 bridgehead atoms. The summed E-state index contributed by atoms with van der Waals surface area (Å²) < 4.78 is 5.60. The summed E-state index contributed by atoms with van der Waals surface area (Å²) in [5.41, 5.74) is 2.38. The molecule has 0 unspecified atom stereocenters. The van der Waals surface area contributed by atoms with Crippen molar-refractivity contribution in [1.29, 1.82) is 5.26 Å². The Labute approximate surface area is 158 Å². The number of rotatable bonds is 6. The molecule has 1 fully saturated rings. The van der Waals surface area contributed by atoms with Crippen LogP contribution in [-0.4, -0.2) is 24.5 Å². The first-order valence-corrected chi connectivity index (χ1v) is 8.90. The van der Waals surface area contributed by atoms with Gasteiger partial charge >= 0.3 is 0 Å². The van der Waals surface area contributed by atoms with Gasteiger partial charge in [-0.2, -0.15) is 5.26 Å². The first kappa shape index (κ1) is 18.5. The summed E-state index contributed by atoms with van der Waals surface area (Å²) in [5.74, 6) is 0.472. The predicted molar refractivity (Wildman–Crippen MR) is 101 cm³/mol. The second-order valence-electron chi connectivity index (χ2n) is 6.43. The smallest absolute Gasteiger partial charge is 0.261 e. The number of nitrogens with one attached hydrogen (secondary N) is 1. The summed E-state index contributed by atoms with van der Waals surface area (Å²) in [7, 11) is 0. The van der Waals surface area contributed by atoms with Gasteiger partial charge in [0, 0.05) is 25.2 Å². The second-order valence-corrected chi connectivity index (χ2v) is 6.43. The van der Waals surface area contributed by atoms with Crippen molar-refractivity contribution in [3.63, 3.8) is 0 Å². The third kappa shape index (κ3) is 4.64. The first-order chi connectivity index (χ1) is 13.1. The van der Waals surface area contributed by atoms with Crippen LogP contribution in [0.4, 0.5) is 5.69 Å². The van der Waals surface area contributed by atoms with Gasteiger partial charge in [0.25, 0.3) is 5.91 Å². The Balaban J connectivity index is 1.50. The molecule has 0 spiro atoms. The number of nitriles is 1. The van der Waals surface area contributed by atoms with Gasteiger partial charge in [-0.1, -0.05) is 12.1 Å². The number of benzene rings is 2. The van der Waals surface area contributed by atoms with E-state index < -0.39 is 6.10 Å². The largest absolute Gasteiger partial charge is 0.481 e. The minimum Gasteiger partial charge on any atom is -0.481 e. The molecule has 6 heteroatoms. The van der Waals surface area contributed by atoms with E-state index in [0.29, 0.717) is 24.3 Å². The lowest BCUT2D eigenvalue weighted by Crippen LogP contribution is -2.35. The lowest BCUT2D eigenvalue weighted by atomic mass is 10.2. The Hall–Kier alpha value is -3.33. The Morgan fingerprint density at radius 3 is 2.52 bits per heavy atom. The molecule has 138 valence electrons. The van der Waals surface area contributed by atoms with Crippen LogP contribution < -0.4 is 15.0 Å². The molecule has 27 heavy (non-hydrogen) atoms. The zero-order valence-electron chi connectivity index (χ0n) is 15.1. The van der Waals surface area contributed by atoms with Gasteiger partial charge in [-0.05, 0) is 55.3 Å². The highest BCUT2D eigenvalue weighted by Crippen LogP contribution is 2.21. The predicted octanol–water partition coefficient (Wildman–Crippen LogP) is 2.77. The van der Waals surface area contributed by atoms with Gasteiger partial charge in [0.05, 0.1) is 11.6 Å². The number of ether oxygens (including phenoxy) is 1. The quantitative estimate of drug-likeness (QED) is 0.855. The Morgan fingerprint density at radius 2 is 1.93 bits per heavy atom. The molecule has 1 atom stereocenters. The maximum Gasteiger partial charge on any atom is 0.261 e. The first-order valence-electron chi connectivity index (χ1n) is 8.90. The Morgan fingerprint density at radius 1 is 1.22 bits per heavy atom. The van der Waals surface area contributed by atoms with E-state index in [0.717, 1.165) is 24.2 Å². The Bertz CT molecular complexity index is 854. The summed E-state index contributed by atoms with van der Waals surface area (Å²) in [4.78, 5) is 25.8. The van der Waals surface area contributed by atoms with Gasteiger partial charge in [-0.3, -0.25) is 9.59 Å². The maximum absolute atomic E-state index is 12.2. The van der Waals surface area contributed by atoms with Crippen LogP contribution in [0.3, 0.4) is 0 Å². The molecule has 2 aromatic carbocycles. The molecule has 1 heterocycles. The summed E-state index contributed by atoms with van der Waals surface area (Å²) >= 11 is 0. The Kier molecular flexibility index (Phi) is 5.72. The lowest BCUT2D eigenvalue weighted by Gasteiger charge is -2.17. The number of hydrogen-bond donors (Lipinski definition) is 1. The SMILES string of the molecule is C[C@H](Oc1ccc(C#N)cc1)C(=O)NCc1ccc(N2CCCC2=O)cc1. The number of carbonyl (C=O) groups excluding carboxylic acids is 2. The molecule has 0 aliphatic carbocycles. The van der Waals surface area contributed by atoms with Crippen LogP contribution in [-0.2, 0) is 16.1 Å². The highest BCUT2D eigenvalue weighted by Gasteiger charge is 2.21. The van der Waals surface area contributed by atoms with Crippen molar-refractivity contribution in [2.45, 2.75) is 32.4 Å². The van der Waals surface area contributed by atoms with E-state index in [4.69, 9.17) is 10.00 Å². The molecule has 0 radical (unpaired) electrons. The van der Waals surface area contributed by atoms with Crippen molar-refractivity contribution in [3.05, 3.63) is 59.7 Å². The van der Waals surface area contributed by atoms with Crippen molar-refractivity contribution in [1.82, 2.24) is 5.32 Å². The number of carbonyl (C=O) groups is 2. The zero-order chi connectivity index (χ0) is 19.2. The average molecular weight is 363 g/mol. The van der Waals surface area contributed by atoms with Crippen LogP contribution in [0.25, 0.3) is 0 Å². The van der Waals surface area contributed by atoms with Gasteiger partial charge in [0.15, 0.2) is 6.10 Å². The lowest BCUT2D eigenvalue weighted by molar-refractivity contribution is -0.127. The van der Waals surface area contributed by atoms with Crippen LogP contribution in [0.5, 0.6) is 5.75 Å². The van der Waals surface area contributed by atoms with Crippen LogP contribution in [0.2, 0.25) is 0 Å².